The van der Waals surface area contributed by atoms with Crippen LogP contribution in [0.5, 0.6) is 5.88 Å². The van der Waals surface area contributed by atoms with Gasteiger partial charge in [-0.25, -0.2) is 19.3 Å². The van der Waals surface area contributed by atoms with Crippen molar-refractivity contribution in [1.29, 1.82) is 0 Å². The fourth-order valence-corrected chi connectivity index (χ4v) is 3.12. The third-order valence-electron chi connectivity index (χ3n) is 4.68. The predicted octanol–water partition coefficient (Wildman–Crippen LogP) is 2.74. The standard InChI is InChI=1S/C23H21N5O5/c1-31-22-17(23(30)32-2)10-16(11-24-22)18-8-9-20-25-19(12-28(20)27-18)26-21(29)14-33-13-15-6-4-3-5-7-15/h3-12H,13-14H2,1-2H3,(H,26,29). The van der Waals surface area contributed by atoms with Gasteiger partial charge >= 0.3 is 5.97 Å². The number of anilines is 1. The van der Waals surface area contributed by atoms with Crippen molar-refractivity contribution in [3.8, 4) is 17.1 Å². The summed E-state index contributed by atoms with van der Waals surface area (Å²) in [5, 5.41) is 7.19. The summed E-state index contributed by atoms with van der Waals surface area (Å²) in [6.45, 7) is 0.239. The minimum absolute atomic E-state index is 0.102. The number of hydrogen-bond acceptors (Lipinski definition) is 8. The van der Waals surface area contributed by atoms with Crippen molar-refractivity contribution >= 4 is 23.3 Å². The van der Waals surface area contributed by atoms with Crippen molar-refractivity contribution in [2.45, 2.75) is 6.61 Å². The number of benzene rings is 1. The van der Waals surface area contributed by atoms with Crippen LogP contribution in [0, 0.1) is 0 Å². The highest BCUT2D eigenvalue weighted by Crippen LogP contribution is 2.24. The second-order valence-corrected chi connectivity index (χ2v) is 6.95. The van der Waals surface area contributed by atoms with E-state index in [1.807, 2.05) is 30.3 Å². The molecule has 0 saturated heterocycles. The third-order valence-corrected chi connectivity index (χ3v) is 4.68. The maximum absolute atomic E-state index is 12.2. The van der Waals surface area contributed by atoms with Crippen LogP contribution in [0.1, 0.15) is 15.9 Å². The molecular formula is C23H21N5O5. The molecule has 0 atom stereocenters. The molecule has 0 spiro atoms. The summed E-state index contributed by atoms with van der Waals surface area (Å²) in [6.07, 6.45) is 3.13. The minimum atomic E-state index is -0.565. The van der Waals surface area contributed by atoms with Gasteiger partial charge in [0.1, 0.15) is 12.2 Å². The summed E-state index contributed by atoms with van der Waals surface area (Å²) in [5.74, 6) is -0.383. The lowest BCUT2D eigenvalue weighted by Crippen LogP contribution is -2.18. The summed E-state index contributed by atoms with van der Waals surface area (Å²) in [4.78, 5) is 32.7. The number of esters is 1. The number of methoxy groups -OCH3 is 2. The van der Waals surface area contributed by atoms with E-state index in [0.29, 0.717) is 29.3 Å². The normalized spacial score (nSPS) is 10.7. The summed E-state index contributed by atoms with van der Waals surface area (Å²) < 4.78 is 16.9. The number of aromatic nitrogens is 4. The number of carbonyl (C=O) groups excluding carboxylic acids is 2. The Bertz CT molecular complexity index is 1290. The van der Waals surface area contributed by atoms with E-state index >= 15 is 0 Å². The molecule has 0 unspecified atom stereocenters. The number of ether oxygens (including phenoxy) is 3. The highest BCUT2D eigenvalue weighted by Gasteiger charge is 2.17. The van der Waals surface area contributed by atoms with Crippen LogP contribution in [0.4, 0.5) is 5.82 Å². The maximum Gasteiger partial charge on any atom is 0.343 e. The third kappa shape index (κ3) is 5.13. The van der Waals surface area contributed by atoms with Gasteiger partial charge in [0.15, 0.2) is 11.5 Å². The van der Waals surface area contributed by atoms with Gasteiger partial charge in [-0.05, 0) is 23.8 Å². The van der Waals surface area contributed by atoms with Crippen LogP contribution >= 0.6 is 0 Å². The zero-order chi connectivity index (χ0) is 23.2. The fourth-order valence-electron chi connectivity index (χ4n) is 3.12. The fraction of sp³-hybridized carbons (Fsp3) is 0.174. The van der Waals surface area contributed by atoms with Gasteiger partial charge in [-0.3, -0.25) is 4.79 Å². The Morgan fingerprint density at radius 1 is 1.09 bits per heavy atom. The summed E-state index contributed by atoms with van der Waals surface area (Å²) in [6, 6.07) is 14.7. The molecule has 4 rings (SSSR count). The Labute approximate surface area is 189 Å². The Hall–Kier alpha value is -4.31. The van der Waals surface area contributed by atoms with E-state index in [4.69, 9.17) is 14.2 Å². The van der Waals surface area contributed by atoms with E-state index in [-0.39, 0.29) is 24.0 Å². The van der Waals surface area contributed by atoms with Crippen LogP contribution in [-0.2, 0) is 20.9 Å². The van der Waals surface area contributed by atoms with Crippen LogP contribution in [0.25, 0.3) is 16.9 Å². The van der Waals surface area contributed by atoms with Gasteiger partial charge in [0.05, 0.1) is 32.7 Å². The monoisotopic (exact) mass is 447 g/mol. The van der Waals surface area contributed by atoms with Gasteiger partial charge in [0.25, 0.3) is 5.91 Å². The minimum Gasteiger partial charge on any atom is -0.480 e. The predicted molar refractivity (Wildman–Crippen MR) is 119 cm³/mol. The van der Waals surface area contributed by atoms with Gasteiger partial charge in [-0.2, -0.15) is 5.10 Å². The summed E-state index contributed by atoms with van der Waals surface area (Å²) in [5.41, 5.74) is 2.84. The second-order valence-electron chi connectivity index (χ2n) is 6.95. The zero-order valence-electron chi connectivity index (χ0n) is 18.0. The average Bonchev–Trinajstić information content (AvgIpc) is 3.25. The number of fused-ring (bicyclic) bond motifs is 1. The molecule has 33 heavy (non-hydrogen) atoms. The lowest BCUT2D eigenvalue weighted by Gasteiger charge is -2.08. The molecule has 0 saturated carbocycles. The zero-order valence-corrected chi connectivity index (χ0v) is 18.0. The molecule has 0 aliphatic carbocycles. The van der Waals surface area contributed by atoms with Crippen molar-refractivity contribution in [2.75, 3.05) is 26.1 Å². The van der Waals surface area contributed by atoms with E-state index in [2.05, 4.69) is 20.4 Å². The molecule has 3 heterocycles. The Morgan fingerprint density at radius 3 is 2.67 bits per heavy atom. The molecule has 1 N–H and O–H groups in total. The maximum atomic E-state index is 12.2. The highest BCUT2D eigenvalue weighted by molar-refractivity contribution is 5.93. The highest BCUT2D eigenvalue weighted by atomic mass is 16.5. The van der Waals surface area contributed by atoms with Crippen LogP contribution in [0.2, 0.25) is 0 Å². The summed E-state index contributed by atoms with van der Waals surface area (Å²) >= 11 is 0. The molecule has 0 aliphatic rings. The molecule has 4 aromatic rings. The SMILES string of the molecule is COC(=O)c1cc(-c2ccc3nc(NC(=O)COCc4ccccc4)cn3n2)cnc1OC. The number of nitrogens with zero attached hydrogens (tertiary/aromatic N) is 4. The van der Waals surface area contributed by atoms with E-state index < -0.39 is 5.97 Å². The molecule has 0 aliphatic heterocycles. The number of nitrogens with one attached hydrogen (secondary N) is 1. The molecule has 1 aromatic carbocycles. The van der Waals surface area contributed by atoms with E-state index in [0.717, 1.165) is 5.56 Å². The molecule has 3 aromatic heterocycles. The number of carbonyl (C=O) groups is 2. The lowest BCUT2D eigenvalue weighted by atomic mass is 10.1. The molecule has 168 valence electrons. The van der Waals surface area contributed by atoms with Gasteiger partial charge in [-0.15, -0.1) is 0 Å². The topological polar surface area (TPSA) is 117 Å². The first-order valence-electron chi connectivity index (χ1n) is 9.98. The van der Waals surface area contributed by atoms with Crippen LogP contribution in [-0.4, -0.2) is 52.3 Å². The second kappa shape index (κ2) is 9.88. The van der Waals surface area contributed by atoms with Crippen LogP contribution in [0.15, 0.2) is 60.9 Å². The van der Waals surface area contributed by atoms with E-state index in [9.17, 15) is 9.59 Å². The molecule has 0 radical (unpaired) electrons. The number of imidazole rings is 1. The van der Waals surface area contributed by atoms with Crippen molar-refractivity contribution in [1.82, 2.24) is 19.6 Å². The number of hydrogen-bond donors (Lipinski definition) is 1. The average molecular weight is 447 g/mol. The Kier molecular flexibility index (Phi) is 6.56. The Morgan fingerprint density at radius 2 is 1.91 bits per heavy atom. The first kappa shape index (κ1) is 21.9. The van der Waals surface area contributed by atoms with Crippen molar-refractivity contribution in [3.05, 3.63) is 72.1 Å². The smallest absolute Gasteiger partial charge is 0.343 e. The van der Waals surface area contributed by atoms with Crippen molar-refractivity contribution in [3.63, 3.8) is 0 Å². The summed E-state index contributed by atoms with van der Waals surface area (Å²) in [7, 11) is 2.71. The molecule has 10 nitrogen and oxygen atoms in total. The molecule has 10 heteroatoms. The van der Waals surface area contributed by atoms with Crippen LogP contribution < -0.4 is 10.1 Å². The quantitative estimate of drug-likeness (QED) is 0.410. The number of amides is 1. The van der Waals surface area contributed by atoms with Gasteiger partial charge in [0.2, 0.25) is 5.88 Å². The molecule has 1 amide bonds. The molecule has 0 bridgehead atoms. The Balaban J connectivity index is 1.46. The van der Waals surface area contributed by atoms with Gasteiger partial charge < -0.3 is 19.5 Å². The van der Waals surface area contributed by atoms with Gasteiger partial charge in [0, 0.05) is 11.8 Å². The van der Waals surface area contributed by atoms with Gasteiger partial charge in [-0.1, -0.05) is 30.3 Å². The largest absolute Gasteiger partial charge is 0.480 e. The molecule has 0 fully saturated rings. The molecular weight excluding hydrogens is 426 g/mol. The van der Waals surface area contributed by atoms with Crippen molar-refractivity contribution in [2.24, 2.45) is 0 Å². The van der Waals surface area contributed by atoms with E-state index in [1.165, 1.54) is 18.7 Å². The first-order valence-corrected chi connectivity index (χ1v) is 9.98. The van der Waals surface area contributed by atoms with Crippen molar-refractivity contribution < 1.29 is 23.8 Å². The van der Waals surface area contributed by atoms with Crippen LogP contribution in [0.3, 0.4) is 0 Å². The lowest BCUT2D eigenvalue weighted by molar-refractivity contribution is -0.121. The first-order chi connectivity index (χ1) is 16.1. The number of pyridine rings is 1. The van der Waals surface area contributed by atoms with E-state index in [1.54, 1.807) is 30.6 Å². The number of rotatable bonds is 8.